The van der Waals surface area contributed by atoms with Gasteiger partial charge in [0.15, 0.2) is 0 Å². The number of unbranched alkanes of at least 4 members (excludes halogenated alkanes) is 1. The van der Waals surface area contributed by atoms with E-state index < -0.39 is 12.0 Å². The third kappa shape index (κ3) is 4.61. The predicted octanol–water partition coefficient (Wildman–Crippen LogP) is 2.69. The molecule has 5 nitrogen and oxygen atoms in total. The molecule has 20 heavy (non-hydrogen) atoms. The van der Waals surface area contributed by atoms with E-state index in [9.17, 15) is 9.59 Å². The third-order valence-corrected chi connectivity index (χ3v) is 3.76. The smallest absolute Gasteiger partial charge is 0.341 e. The second-order valence-corrected chi connectivity index (χ2v) is 5.81. The van der Waals surface area contributed by atoms with Crippen molar-refractivity contribution >= 4 is 28.2 Å². The number of rotatable bonds is 7. The van der Waals surface area contributed by atoms with E-state index in [0.717, 1.165) is 17.7 Å². The Morgan fingerprint density at radius 1 is 1.45 bits per heavy atom. The molecule has 0 bridgehead atoms. The molecule has 0 aliphatic rings. The first-order chi connectivity index (χ1) is 9.49. The summed E-state index contributed by atoms with van der Waals surface area (Å²) in [7, 11) is 0. The van der Waals surface area contributed by atoms with E-state index in [1.54, 1.807) is 13.0 Å². The molecule has 0 fully saturated rings. The van der Waals surface area contributed by atoms with E-state index >= 15 is 0 Å². The fourth-order valence-electron chi connectivity index (χ4n) is 1.73. The number of anilines is 1. The lowest BCUT2D eigenvalue weighted by Gasteiger charge is -2.11. The van der Waals surface area contributed by atoms with Crippen molar-refractivity contribution in [1.82, 2.24) is 0 Å². The number of hydrogen-bond donors (Lipinski definition) is 2. The van der Waals surface area contributed by atoms with Crippen LogP contribution in [0.2, 0.25) is 0 Å². The summed E-state index contributed by atoms with van der Waals surface area (Å²) < 4.78 is 4.97. The van der Waals surface area contributed by atoms with Crippen molar-refractivity contribution in [2.24, 2.45) is 5.73 Å². The Balaban J connectivity index is 2.76. The van der Waals surface area contributed by atoms with Gasteiger partial charge in [-0.2, -0.15) is 0 Å². The topological polar surface area (TPSA) is 81.4 Å². The minimum Gasteiger partial charge on any atom is -0.462 e. The normalized spacial score (nSPS) is 12.0. The Bertz CT molecular complexity index is 471. The van der Waals surface area contributed by atoms with E-state index in [2.05, 4.69) is 5.32 Å². The number of thiophene rings is 1. The van der Waals surface area contributed by atoms with Crippen molar-refractivity contribution in [3.8, 4) is 0 Å². The minimum absolute atomic E-state index is 0.258. The molecule has 0 aliphatic carbocycles. The highest BCUT2D eigenvalue weighted by molar-refractivity contribution is 7.16. The Kier molecular flexibility index (Phi) is 6.67. The number of carbonyl (C=O) groups is 2. The third-order valence-electron chi connectivity index (χ3n) is 2.79. The van der Waals surface area contributed by atoms with Crippen LogP contribution in [0.4, 0.5) is 5.00 Å². The van der Waals surface area contributed by atoms with Crippen LogP contribution in [-0.2, 0) is 9.53 Å². The second kappa shape index (κ2) is 8.01. The van der Waals surface area contributed by atoms with Gasteiger partial charge in [-0.05, 0) is 26.3 Å². The number of ether oxygens (including phenoxy) is 1. The maximum atomic E-state index is 12.0. The molecule has 0 saturated carbocycles. The predicted molar refractivity (Wildman–Crippen MR) is 81.1 cm³/mol. The van der Waals surface area contributed by atoms with Crippen molar-refractivity contribution in [2.45, 2.75) is 46.1 Å². The van der Waals surface area contributed by atoms with Crippen molar-refractivity contribution in [3.63, 3.8) is 0 Å². The lowest BCUT2D eigenvalue weighted by molar-refractivity contribution is -0.117. The summed E-state index contributed by atoms with van der Waals surface area (Å²) >= 11 is 1.35. The highest BCUT2D eigenvalue weighted by atomic mass is 32.1. The summed E-state index contributed by atoms with van der Waals surface area (Å²) in [6, 6.07) is 1.17. The van der Waals surface area contributed by atoms with Gasteiger partial charge in [-0.1, -0.05) is 19.8 Å². The van der Waals surface area contributed by atoms with Crippen molar-refractivity contribution in [1.29, 1.82) is 0 Å². The lowest BCUT2D eigenvalue weighted by Crippen LogP contribution is -2.35. The van der Waals surface area contributed by atoms with Crippen LogP contribution in [-0.4, -0.2) is 24.5 Å². The summed E-state index contributed by atoms with van der Waals surface area (Å²) in [6.45, 7) is 5.97. The molecule has 0 radical (unpaired) electrons. The van der Waals surface area contributed by atoms with E-state index in [0.29, 0.717) is 23.6 Å². The Labute approximate surface area is 123 Å². The number of amides is 1. The summed E-state index contributed by atoms with van der Waals surface area (Å²) in [4.78, 5) is 24.7. The quantitative estimate of drug-likeness (QED) is 0.758. The van der Waals surface area contributed by atoms with Crippen LogP contribution >= 0.6 is 11.3 Å². The van der Waals surface area contributed by atoms with Crippen molar-refractivity contribution in [2.75, 3.05) is 11.9 Å². The molecule has 1 atom stereocenters. The largest absolute Gasteiger partial charge is 0.462 e. The Hall–Kier alpha value is -1.40. The van der Waals surface area contributed by atoms with Crippen LogP contribution in [0.15, 0.2) is 6.07 Å². The van der Waals surface area contributed by atoms with Crippen molar-refractivity contribution < 1.29 is 14.3 Å². The summed E-state index contributed by atoms with van der Waals surface area (Å²) in [6.07, 6.45) is 2.54. The molecule has 0 aliphatic heterocycles. The fraction of sp³-hybridized carbons (Fsp3) is 0.571. The van der Waals surface area contributed by atoms with Crippen molar-refractivity contribution in [3.05, 3.63) is 16.5 Å². The number of aryl methyl sites for hydroxylation is 1. The molecule has 0 saturated heterocycles. The molecular weight excluding hydrogens is 276 g/mol. The number of carbonyl (C=O) groups excluding carboxylic acids is 2. The standard InChI is InChI=1S/C14H22N2O3S/c1-4-6-7-11(15)12(17)16-13-10(8-9(3)20-13)14(18)19-5-2/h8,11H,4-7,15H2,1-3H3,(H,16,17). The maximum Gasteiger partial charge on any atom is 0.341 e. The van der Waals surface area contributed by atoms with Crippen LogP contribution in [0, 0.1) is 6.92 Å². The summed E-state index contributed by atoms with van der Waals surface area (Å²) in [5.74, 6) is -0.680. The highest BCUT2D eigenvalue weighted by Gasteiger charge is 2.20. The summed E-state index contributed by atoms with van der Waals surface area (Å²) in [5, 5.41) is 3.25. The number of nitrogens with two attached hydrogens (primary N) is 1. The van der Waals surface area contributed by atoms with Crippen LogP contribution < -0.4 is 11.1 Å². The van der Waals surface area contributed by atoms with E-state index in [4.69, 9.17) is 10.5 Å². The van der Waals surface area contributed by atoms with Gasteiger partial charge in [0.25, 0.3) is 0 Å². The second-order valence-electron chi connectivity index (χ2n) is 4.56. The summed E-state index contributed by atoms with van der Waals surface area (Å²) in [5.41, 5.74) is 6.21. The first kappa shape index (κ1) is 16.7. The average molecular weight is 298 g/mol. The van der Waals surface area contributed by atoms with E-state index in [1.165, 1.54) is 11.3 Å². The zero-order chi connectivity index (χ0) is 15.1. The molecule has 1 aromatic heterocycles. The lowest BCUT2D eigenvalue weighted by atomic mass is 10.1. The molecule has 6 heteroatoms. The van der Waals surface area contributed by atoms with Gasteiger partial charge in [-0.15, -0.1) is 11.3 Å². The molecule has 3 N–H and O–H groups in total. The Morgan fingerprint density at radius 3 is 2.75 bits per heavy atom. The SMILES string of the molecule is CCCCC(N)C(=O)Nc1sc(C)cc1C(=O)OCC. The molecule has 1 amide bonds. The van der Waals surface area contributed by atoms with Crippen LogP contribution in [0.3, 0.4) is 0 Å². The molecule has 0 aromatic carbocycles. The van der Waals surface area contributed by atoms with Gasteiger partial charge >= 0.3 is 5.97 Å². The zero-order valence-electron chi connectivity index (χ0n) is 12.2. The van der Waals surface area contributed by atoms with Gasteiger partial charge in [0.1, 0.15) is 5.00 Å². The average Bonchev–Trinajstić information content (AvgIpc) is 2.77. The van der Waals surface area contributed by atoms with E-state index in [-0.39, 0.29) is 5.91 Å². The molecule has 112 valence electrons. The number of nitrogens with one attached hydrogen (secondary N) is 1. The number of esters is 1. The van der Waals surface area contributed by atoms with Gasteiger partial charge in [0.2, 0.25) is 5.91 Å². The van der Waals surface area contributed by atoms with Crippen LogP contribution in [0.5, 0.6) is 0 Å². The molecular formula is C14H22N2O3S. The maximum absolute atomic E-state index is 12.0. The van der Waals surface area contributed by atoms with Crippen LogP contribution in [0.1, 0.15) is 48.3 Å². The van der Waals surface area contributed by atoms with Gasteiger partial charge in [0.05, 0.1) is 18.2 Å². The van der Waals surface area contributed by atoms with Gasteiger partial charge in [0, 0.05) is 4.88 Å². The van der Waals surface area contributed by atoms with Crippen LogP contribution in [0.25, 0.3) is 0 Å². The molecule has 1 heterocycles. The molecule has 1 aromatic rings. The molecule has 1 unspecified atom stereocenters. The zero-order valence-corrected chi connectivity index (χ0v) is 13.0. The first-order valence-corrected chi connectivity index (χ1v) is 7.65. The van der Waals surface area contributed by atoms with Gasteiger partial charge < -0.3 is 15.8 Å². The van der Waals surface area contributed by atoms with Gasteiger partial charge in [-0.25, -0.2) is 4.79 Å². The van der Waals surface area contributed by atoms with E-state index in [1.807, 2.05) is 13.8 Å². The Morgan fingerprint density at radius 2 is 2.15 bits per heavy atom. The fourth-order valence-corrected chi connectivity index (χ4v) is 2.63. The number of hydrogen-bond acceptors (Lipinski definition) is 5. The first-order valence-electron chi connectivity index (χ1n) is 6.83. The minimum atomic E-state index is -0.549. The highest BCUT2D eigenvalue weighted by Crippen LogP contribution is 2.28. The monoisotopic (exact) mass is 298 g/mol. The molecule has 0 spiro atoms. The van der Waals surface area contributed by atoms with Gasteiger partial charge in [-0.3, -0.25) is 4.79 Å². The molecule has 1 rings (SSSR count).